The molecule has 3 heterocycles. The molecule has 2 aromatic carbocycles. The molecule has 0 unspecified atom stereocenters. The Hall–Kier alpha value is -2.61. The van der Waals surface area contributed by atoms with Crippen molar-refractivity contribution >= 4 is 48.7 Å². The van der Waals surface area contributed by atoms with Crippen molar-refractivity contribution in [2.45, 2.75) is 20.8 Å². The maximum absolute atomic E-state index is 13.6. The number of nitrogens with zero attached hydrogens (tertiary/aromatic N) is 3. The zero-order valence-corrected chi connectivity index (χ0v) is 21.3. The summed E-state index contributed by atoms with van der Waals surface area (Å²) in [7, 11) is 1.72. The number of halogens is 1. The van der Waals surface area contributed by atoms with Crippen LogP contribution in [-0.2, 0) is 7.05 Å². The molecule has 0 radical (unpaired) electrons. The molecular weight excluding hydrogens is 502 g/mol. The third kappa shape index (κ3) is 3.45. The molecule has 5 aromatic rings. The first kappa shape index (κ1) is 21.2. The largest absolute Gasteiger partial charge is 0.275 e. The lowest BCUT2D eigenvalue weighted by molar-refractivity contribution is 0.715. The average molecular weight is 522 g/mol. The minimum Gasteiger partial charge on any atom is -0.267 e. The lowest BCUT2D eigenvalue weighted by atomic mass is 9.92. The van der Waals surface area contributed by atoms with Crippen LogP contribution in [0.1, 0.15) is 15.6 Å². The number of aryl methyl sites for hydroxylation is 4. The molecule has 0 N–H and O–H groups in total. The van der Waals surface area contributed by atoms with Crippen LogP contribution in [0.15, 0.2) is 57.8 Å². The van der Waals surface area contributed by atoms with Gasteiger partial charge in [-0.1, -0.05) is 46.3 Å². The number of aromatic nitrogens is 3. The quantitative estimate of drug-likeness (QED) is 0.253. The molecule has 0 fully saturated rings. The van der Waals surface area contributed by atoms with Gasteiger partial charge in [-0.2, -0.15) is 5.10 Å². The van der Waals surface area contributed by atoms with Gasteiger partial charge in [0.1, 0.15) is 0 Å². The van der Waals surface area contributed by atoms with Gasteiger partial charge in [-0.3, -0.25) is 4.79 Å². The molecule has 160 valence electrons. The molecule has 3 aromatic heterocycles. The summed E-state index contributed by atoms with van der Waals surface area (Å²) >= 11 is 6.84. The third-order valence-electron chi connectivity index (χ3n) is 5.51. The van der Waals surface area contributed by atoms with E-state index in [9.17, 15) is 4.79 Å². The first-order valence-corrected chi connectivity index (χ1v) is 12.6. The summed E-state index contributed by atoms with van der Waals surface area (Å²) in [6.45, 7) is 6.07. The highest BCUT2D eigenvalue weighted by Crippen LogP contribution is 2.46. The molecule has 0 amide bonds. The van der Waals surface area contributed by atoms with Crippen LogP contribution >= 0.6 is 38.6 Å². The van der Waals surface area contributed by atoms with Gasteiger partial charge in [0.2, 0.25) is 0 Å². The van der Waals surface area contributed by atoms with Crippen LogP contribution in [-0.4, -0.2) is 14.8 Å². The topological polar surface area (TPSA) is 47.8 Å². The summed E-state index contributed by atoms with van der Waals surface area (Å²) in [6.07, 6.45) is 0. The SMILES string of the molecule is Cc1nc(C)c(-c2c(-c3c(C)sc4ccccc34)c(-c3ccc(Br)cc3)nn(C)c2=O)s1. The third-order valence-corrected chi connectivity index (χ3v) is 8.22. The predicted octanol–water partition coefficient (Wildman–Crippen LogP) is 7.14. The van der Waals surface area contributed by atoms with Crippen molar-refractivity contribution < 1.29 is 0 Å². The van der Waals surface area contributed by atoms with Gasteiger partial charge in [-0.05, 0) is 39.0 Å². The Morgan fingerprint density at radius 3 is 2.31 bits per heavy atom. The van der Waals surface area contributed by atoms with Gasteiger partial charge in [0.05, 0.1) is 26.8 Å². The van der Waals surface area contributed by atoms with Crippen molar-refractivity contribution in [2.24, 2.45) is 7.05 Å². The highest BCUT2D eigenvalue weighted by atomic mass is 79.9. The Balaban J connectivity index is 1.99. The standard InChI is InChI=1S/C25H20BrN3OS2/c1-13-24(32-15(3)27-13)22-21(20-14(2)31-19-8-6-5-7-18(19)20)23(28-29(4)25(22)30)16-9-11-17(26)12-10-16/h5-12H,1-4H3. The summed E-state index contributed by atoms with van der Waals surface area (Å²) in [5, 5.41) is 6.86. The lowest BCUT2D eigenvalue weighted by Gasteiger charge is -2.16. The van der Waals surface area contributed by atoms with E-state index >= 15 is 0 Å². The fourth-order valence-corrected chi connectivity index (χ4v) is 6.44. The number of thiophene rings is 1. The number of hydrogen-bond donors (Lipinski definition) is 0. The minimum absolute atomic E-state index is 0.109. The summed E-state index contributed by atoms with van der Waals surface area (Å²) in [4.78, 5) is 20.3. The van der Waals surface area contributed by atoms with Gasteiger partial charge >= 0.3 is 0 Å². The maximum Gasteiger partial charge on any atom is 0.275 e. The normalized spacial score (nSPS) is 11.4. The highest BCUT2D eigenvalue weighted by Gasteiger charge is 2.26. The monoisotopic (exact) mass is 521 g/mol. The molecule has 5 rings (SSSR count). The molecule has 32 heavy (non-hydrogen) atoms. The van der Waals surface area contributed by atoms with Crippen molar-refractivity contribution in [1.29, 1.82) is 0 Å². The van der Waals surface area contributed by atoms with Crippen LogP contribution in [0, 0.1) is 20.8 Å². The van der Waals surface area contributed by atoms with Crippen LogP contribution in [0.4, 0.5) is 0 Å². The molecule has 0 bridgehead atoms. The highest BCUT2D eigenvalue weighted by molar-refractivity contribution is 9.10. The number of rotatable bonds is 3. The van der Waals surface area contributed by atoms with E-state index in [1.54, 1.807) is 29.7 Å². The first-order valence-electron chi connectivity index (χ1n) is 10.1. The Morgan fingerprint density at radius 2 is 1.62 bits per heavy atom. The lowest BCUT2D eigenvalue weighted by Crippen LogP contribution is -2.23. The van der Waals surface area contributed by atoms with Crippen molar-refractivity contribution in [2.75, 3.05) is 0 Å². The van der Waals surface area contributed by atoms with E-state index in [0.717, 1.165) is 47.8 Å². The van der Waals surface area contributed by atoms with E-state index in [0.29, 0.717) is 5.56 Å². The maximum atomic E-state index is 13.6. The molecule has 0 aliphatic heterocycles. The molecule has 7 heteroatoms. The van der Waals surface area contributed by atoms with E-state index in [1.165, 1.54) is 14.3 Å². The zero-order valence-electron chi connectivity index (χ0n) is 18.1. The molecule has 0 saturated carbocycles. The summed E-state index contributed by atoms with van der Waals surface area (Å²) < 4.78 is 3.65. The Morgan fingerprint density at radius 1 is 0.906 bits per heavy atom. The van der Waals surface area contributed by atoms with Gasteiger partial charge in [0.25, 0.3) is 5.56 Å². The Kier molecular flexibility index (Phi) is 5.35. The predicted molar refractivity (Wildman–Crippen MR) is 139 cm³/mol. The van der Waals surface area contributed by atoms with Crippen LogP contribution in [0.3, 0.4) is 0 Å². The smallest absolute Gasteiger partial charge is 0.267 e. The zero-order chi connectivity index (χ0) is 22.6. The fourth-order valence-electron chi connectivity index (χ4n) is 4.14. The van der Waals surface area contributed by atoms with Crippen molar-refractivity contribution in [3.63, 3.8) is 0 Å². The van der Waals surface area contributed by atoms with Gasteiger partial charge < -0.3 is 0 Å². The van der Waals surface area contributed by atoms with Crippen molar-refractivity contribution in [1.82, 2.24) is 14.8 Å². The molecule has 0 aliphatic carbocycles. The van der Waals surface area contributed by atoms with E-state index in [2.05, 4.69) is 46.0 Å². The van der Waals surface area contributed by atoms with Gasteiger partial charge in [0.15, 0.2) is 0 Å². The van der Waals surface area contributed by atoms with Crippen LogP contribution < -0.4 is 5.56 Å². The van der Waals surface area contributed by atoms with Crippen molar-refractivity contribution in [3.05, 3.63) is 78.9 Å². The Labute approximate surface area is 202 Å². The second-order valence-corrected chi connectivity index (χ2v) is 11.1. The van der Waals surface area contributed by atoms with Crippen molar-refractivity contribution in [3.8, 4) is 32.8 Å². The first-order chi connectivity index (χ1) is 15.3. The number of hydrogen-bond acceptors (Lipinski definition) is 5. The van der Waals surface area contributed by atoms with E-state index in [1.807, 2.05) is 44.2 Å². The van der Waals surface area contributed by atoms with Gasteiger partial charge in [0, 0.05) is 43.2 Å². The Bertz CT molecular complexity index is 1540. The molecular formula is C25H20BrN3OS2. The second-order valence-electron chi connectivity index (χ2n) is 7.71. The van der Waals surface area contributed by atoms with E-state index in [-0.39, 0.29) is 5.56 Å². The fraction of sp³-hybridized carbons (Fsp3) is 0.160. The molecule has 0 saturated heterocycles. The number of fused-ring (bicyclic) bond motifs is 1. The van der Waals surface area contributed by atoms with Crippen LogP contribution in [0.2, 0.25) is 0 Å². The van der Waals surface area contributed by atoms with E-state index in [4.69, 9.17) is 5.10 Å². The summed E-state index contributed by atoms with van der Waals surface area (Å²) in [5.41, 5.74) is 5.17. The summed E-state index contributed by atoms with van der Waals surface area (Å²) in [5.74, 6) is 0. The van der Waals surface area contributed by atoms with Gasteiger partial charge in [-0.15, -0.1) is 22.7 Å². The molecule has 0 aliphatic rings. The number of benzene rings is 2. The second kappa shape index (κ2) is 8.06. The minimum atomic E-state index is -0.109. The van der Waals surface area contributed by atoms with Crippen LogP contribution in [0.25, 0.3) is 42.9 Å². The summed E-state index contributed by atoms with van der Waals surface area (Å²) in [6, 6.07) is 16.5. The average Bonchev–Trinajstić information content (AvgIpc) is 3.27. The number of thiazole rings is 1. The van der Waals surface area contributed by atoms with Gasteiger partial charge in [-0.25, -0.2) is 9.67 Å². The molecule has 0 spiro atoms. The van der Waals surface area contributed by atoms with Crippen LogP contribution in [0.5, 0.6) is 0 Å². The molecule has 4 nitrogen and oxygen atoms in total. The van der Waals surface area contributed by atoms with E-state index < -0.39 is 0 Å². The molecule has 0 atom stereocenters.